The van der Waals surface area contributed by atoms with Crippen LogP contribution in [0.15, 0.2) is 67.5 Å². The van der Waals surface area contributed by atoms with Gasteiger partial charge >= 0.3 is 0 Å². The summed E-state index contributed by atoms with van der Waals surface area (Å²) in [5.41, 5.74) is 6.79. The van der Waals surface area contributed by atoms with E-state index in [1.165, 1.54) is 0 Å². The molecule has 6 aromatic rings. The Balaban J connectivity index is 1.37. The number of amides is 1. The Hall–Kier alpha value is -4.99. The van der Waals surface area contributed by atoms with Gasteiger partial charge in [-0.25, -0.2) is 9.97 Å². The maximum Gasteiger partial charge on any atom is 0.224 e. The lowest BCUT2D eigenvalue weighted by atomic mass is 10.1. The molecule has 0 aliphatic rings. The van der Waals surface area contributed by atoms with Crippen molar-refractivity contribution >= 4 is 33.7 Å². The van der Waals surface area contributed by atoms with Gasteiger partial charge in [0.25, 0.3) is 0 Å². The van der Waals surface area contributed by atoms with Crippen LogP contribution in [0, 0.1) is 0 Å². The molecule has 10 nitrogen and oxygen atoms in total. The molecule has 0 radical (unpaired) electrons. The predicted octanol–water partition coefficient (Wildman–Crippen LogP) is 5.15. The second-order valence-electron chi connectivity index (χ2n) is 8.69. The summed E-state index contributed by atoms with van der Waals surface area (Å²) in [6.07, 6.45) is 12.7. The summed E-state index contributed by atoms with van der Waals surface area (Å²) in [6, 6.07) is 9.62. The molecular formula is C27H23N9O. The number of nitrogens with one attached hydrogen (secondary N) is 3. The zero-order chi connectivity index (χ0) is 25.2. The lowest BCUT2D eigenvalue weighted by Gasteiger charge is -2.07. The molecule has 0 aliphatic carbocycles. The van der Waals surface area contributed by atoms with E-state index in [0.717, 1.165) is 51.6 Å². The second kappa shape index (κ2) is 9.57. The molecular weight excluding hydrogens is 466 g/mol. The Morgan fingerprint density at radius 2 is 1.89 bits per heavy atom. The van der Waals surface area contributed by atoms with Crippen LogP contribution in [0.2, 0.25) is 0 Å². The Bertz CT molecular complexity index is 1720. The minimum Gasteiger partial charge on any atom is -0.335 e. The number of hydrogen-bond acceptors (Lipinski definition) is 7. The van der Waals surface area contributed by atoms with Crippen molar-refractivity contribution in [2.75, 3.05) is 5.32 Å². The highest BCUT2D eigenvalue weighted by Gasteiger charge is 2.17. The molecule has 182 valence electrons. The largest absolute Gasteiger partial charge is 0.335 e. The molecule has 0 aliphatic heterocycles. The number of unbranched alkanes of at least 4 members (excludes halogenated alkanes) is 1. The summed E-state index contributed by atoms with van der Waals surface area (Å²) in [5.74, 6) is 0.580. The zero-order valence-electron chi connectivity index (χ0n) is 20.1. The van der Waals surface area contributed by atoms with Crippen molar-refractivity contribution in [1.82, 2.24) is 40.1 Å². The number of hydrogen-bond donors (Lipinski definition) is 3. The molecule has 0 saturated heterocycles. The summed E-state index contributed by atoms with van der Waals surface area (Å²) >= 11 is 0. The molecule has 1 amide bonds. The van der Waals surface area contributed by atoms with Crippen molar-refractivity contribution in [3.63, 3.8) is 0 Å². The van der Waals surface area contributed by atoms with Crippen LogP contribution in [0.25, 0.3) is 56.0 Å². The van der Waals surface area contributed by atoms with E-state index in [2.05, 4.69) is 47.4 Å². The maximum atomic E-state index is 12.2. The van der Waals surface area contributed by atoms with Crippen LogP contribution < -0.4 is 5.32 Å². The molecule has 6 aromatic heterocycles. The molecule has 37 heavy (non-hydrogen) atoms. The van der Waals surface area contributed by atoms with E-state index < -0.39 is 0 Å². The third kappa shape index (κ3) is 4.40. The summed E-state index contributed by atoms with van der Waals surface area (Å²) in [7, 11) is 0. The molecule has 3 N–H and O–H groups in total. The average molecular weight is 490 g/mol. The molecule has 0 atom stereocenters. The van der Waals surface area contributed by atoms with Crippen LogP contribution in [0.5, 0.6) is 0 Å². The third-order valence-electron chi connectivity index (χ3n) is 6.09. The average Bonchev–Trinajstić information content (AvgIpc) is 3.56. The number of anilines is 1. The van der Waals surface area contributed by atoms with Gasteiger partial charge in [-0.2, -0.15) is 5.10 Å². The van der Waals surface area contributed by atoms with Gasteiger partial charge in [0.05, 0.1) is 34.7 Å². The van der Waals surface area contributed by atoms with Crippen molar-refractivity contribution < 1.29 is 4.79 Å². The number of aromatic amines is 2. The van der Waals surface area contributed by atoms with Crippen molar-refractivity contribution in [1.29, 1.82) is 0 Å². The molecule has 0 bridgehead atoms. The van der Waals surface area contributed by atoms with Gasteiger partial charge in [0.2, 0.25) is 5.91 Å². The van der Waals surface area contributed by atoms with E-state index >= 15 is 0 Å². The Morgan fingerprint density at radius 1 is 1.00 bits per heavy atom. The fraction of sp³-hybridized carbons (Fsp3) is 0.148. The topological polar surface area (TPSA) is 138 Å². The smallest absolute Gasteiger partial charge is 0.224 e. The van der Waals surface area contributed by atoms with Crippen LogP contribution in [-0.2, 0) is 4.79 Å². The van der Waals surface area contributed by atoms with Gasteiger partial charge in [0.1, 0.15) is 11.2 Å². The lowest BCUT2D eigenvalue weighted by molar-refractivity contribution is -0.116. The molecule has 6 rings (SSSR count). The number of imidazole rings is 1. The van der Waals surface area contributed by atoms with Gasteiger partial charge in [0.15, 0.2) is 11.5 Å². The summed E-state index contributed by atoms with van der Waals surface area (Å²) < 4.78 is 0. The van der Waals surface area contributed by atoms with E-state index in [1.807, 2.05) is 30.3 Å². The molecule has 10 heteroatoms. The first kappa shape index (κ1) is 22.5. The van der Waals surface area contributed by atoms with Crippen LogP contribution >= 0.6 is 0 Å². The lowest BCUT2D eigenvalue weighted by Crippen LogP contribution is -2.11. The highest BCUT2D eigenvalue weighted by molar-refractivity contribution is 5.96. The third-order valence-corrected chi connectivity index (χ3v) is 6.09. The number of carbonyl (C=O) groups is 1. The van der Waals surface area contributed by atoms with Crippen LogP contribution in [-0.4, -0.2) is 46.0 Å². The minimum atomic E-state index is -0.0176. The van der Waals surface area contributed by atoms with Gasteiger partial charge in [-0.05, 0) is 30.7 Å². The molecule has 0 aromatic carbocycles. The molecule has 6 heterocycles. The SMILES string of the molecule is CCCCC(=O)Nc1cncc(-c2cnc3[nH]nc(-c4nc5c(-c6ccccn6)cncc5[nH]4)c3c2)c1. The van der Waals surface area contributed by atoms with E-state index in [-0.39, 0.29) is 5.91 Å². The first-order valence-corrected chi connectivity index (χ1v) is 12.0. The van der Waals surface area contributed by atoms with Gasteiger partial charge in [-0.3, -0.25) is 24.8 Å². The molecule has 0 spiro atoms. The molecule has 0 unspecified atom stereocenters. The Morgan fingerprint density at radius 3 is 2.76 bits per heavy atom. The monoisotopic (exact) mass is 489 g/mol. The van der Waals surface area contributed by atoms with Crippen LogP contribution in [0.1, 0.15) is 26.2 Å². The van der Waals surface area contributed by atoms with E-state index in [0.29, 0.717) is 29.3 Å². The fourth-order valence-electron chi connectivity index (χ4n) is 4.22. The van der Waals surface area contributed by atoms with Gasteiger partial charge in [0, 0.05) is 47.9 Å². The maximum absolute atomic E-state index is 12.2. The highest BCUT2D eigenvalue weighted by Crippen LogP contribution is 2.31. The zero-order valence-corrected chi connectivity index (χ0v) is 20.1. The Labute approximate surface area is 211 Å². The van der Waals surface area contributed by atoms with Gasteiger partial charge in [-0.15, -0.1) is 0 Å². The fourth-order valence-corrected chi connectivity index (χ4v) is 4.22. The van der Waals surface area contributed by atoms with Crippen molar-refractivity contribution in [2.24, 2.45) is 0 Å². The van der Waals surface area contributed by atoms with Crippen molar-refractivity contribution in [2.45, 2.75) is 26.2 Å². The normalized spacial score (nSPS) is 11.3. The number of carbonyl (C=O) groups excluding carboxylic acids is 1. The summed E-state index contributed by atoms with van der Waals surface area (Å²) in [5, 5.41) is 11.2. The first-order chi connectivity index (χ1) is 18.2. The molecule has 0 fully saturated rings. The van der Waals surface area contributed by atoms with Crippen LogP contribution in [0.3, 0.4) is 0 Å². The highest BCUT2D eigenvalue weighted by atomic mass is 16.1. The van der Waals surface area contributed by atoms with E-state index in [1.54, 1.807) is 37.2 Å². The summed E-state index contributed by atoms with van der Waals surface area (Å²) in [4.78, 5) is 38.0. The van der Waals surface area contributed by atoms with E-state index in [4.69, 9.17) is 4.98 Å². The standard InChI is InChI=1S/C27H23N9O/c1-2-3-7-23(37)32-18-9-16(11-28-13-18)17-10-19-25(35-36-26(19)31-12-17)27-33-22-15-29-14-20(24(22)34-27)21-6-4-5-8-30-21/h4-6,8-15H,2-3,7H2,1H3,(H,32,37)(H,33,34)(H,31,35,36). The quantitative estimate of drug-likeness (QED) is 0.282. The minimum absolute atomic E-state index is 0.0176. The number of H-pyrrole nitrogens is 2. The van der Waals surface area contributed by atoms with Crippen molar-refractivity contribution in [3.05, 3.63) is 67.5 Å². The Kier molecular flexibility index (Phi) is 5.81. The molecule has 0 saturated carbocycles. The predicted molar refractivity (Wildman–Crippen MR) is 141 cm³/mol. The van der Waals surface area contributed by atoms with Crippen LogP contribution in [0.4, 0.5) is 5.69 Å². The second-order valence-corrected chi connectivity index (χ2v) is 8.69. The number of pyridine rings is 4. The van der Waals surface area contributed by atoms with Gasteiger partial charge in [-0.1, -0.05) is 19.4 Å². The van der Waals surface area contributed by atoms with E-state index in [9.17, 15) is 4.79 Å². The number of fused-ring (bicyclic) bond motifs is 2. The van der Waals surface area contributed by atoms with Crippen molar-refractivity contribution in [3.8, 4) is 33.9 Å². The first-order valence-electron chi connectivity index (χ1n) is 12.0. The number of aromatic nitrogens is 8. The summed E-state index contributed by atoms with van der Waals surface area (Å²) in [6.45, 7) is 2.06. The van der Waals surface area contributed by atoms with Gasteiger partial charge < -0.3 is 10.3 Å². The number of rotatable bonds is 7. The number of nitrogens with zero attached hydrogens (tertiary/aromatic N) is 6.